The maximum absolute atomic E-state index is 9.28. The molecule has 0 bridgehead atoms. The van der Waals surface area contributed by atoms with Crippen LogP contribution >= 0.6 is 0 Å². The van der Waals surface area contributed by atoms with Crippen LogP contribution in [0, 0.1) is 46.3 Å². The Balaban J connectivity index is 1.50. The normalized spacial score (nSPS) is 45.1. The highest BCUT2D eigenvalue weighted by Gasteiger charge is 2.58. The molecular weight excluding hydrogens is 340 g/mol. The van der Waals surface area contributed by atoms with Gasteiger partial charge in [0.1, 0.15) is 0 Å². The monoisotopic (exact) mass is 384 g/mol. The van der Waals surface area contributed by atoms with Gasteiger partial charge in [0.15, 0.2) is 0 Å². The summed E-state index contributed by atoms with van der Waals surface area (Å²) in [7, 11) is 0. The van der Waals surface area contributed by atoms with E-state index in [1.165, 1.54) is 57.8 Å². The summed E-state index contributed by atoms with van der Waals surface area (Å²) in [5.74, 6) is 4.77. The van der Waals surface area contributed by atoms with E-state index >= 15 is 0 Å². The van der Waals surface area contributed by atoms with Gasteiger partial charge in [-0.05, 0) is 104 Å². The third-order valence-electron chi connectivity index (χ3n) is 10.0. The molecule has 4 aliphatic rings. The van der Waals surface area contributed by atoms with Crippen LogP contribution in [0.15, 0.2) is 23.8 Å². The van der Waals surface area contributed by atoms with Gasteiger partial charge in [-0.3, -0.25) is 0 Å². The largest absolute Gasteiger partial charge is 0.396 e. The zero-order valence-corrected chi connectivity index (χ0v) is 18.9. The first-order valence-electron chi connectivity index (χ1n) is 12.4. The van der Waals surface area contributed by atoms with Crippen LogP contribution in [0.3, 0.4) is 0 Å². The van der Waals surface area contributed by atoms with E-state index in [1.807, 2.05) is 5.57 Å². The summed E-state index contributed by atoms with van der Waals surface area (Å²) in [6.45, 7) is 10.2. The van der Waals surface area contributed by atoms with E-state index in [0.29, 0.717) is 29.3 Å². The Morgan fingerprint density at radius 1 is 1.11 bits per heavy atom. The van der Waals surface area contributed by atoms with E-state index in [2.05, 4.69) is 45.9 Å². The van der Waals surface area contributed by atoms with Crippen molar-refractivity contribution >= 4 is 0 Å². The average Bonchev–Trinajstić information content (AvgIpc) is 3.04. The summed E-state index contributed by atoms with van der Waals surface area (Å²) >= 11 is 0. The summed E-state index contributed by atoms with van der Waals surface area (Å²) in [6.07, 6.45) is 21.5. The van der Waals surface area contributed by atoms with Crippen molar-refractivity contribution in [3.63, 3.8) is 0 Å². The number of hydrogen-bond acceptors (Lipinski definition) is 1. The van der Waals surface area contributed by atoms with Gasteiger partial charge in [0.25, 0.3) is 0 Å². The highest BCUT2D eigenvalue weighted by Crippen LogP contribution is 2.67. The Hall–Kier alpha value is -0.560. The average molecular weight is 385 g/mol. The fraction of sp³-hybridized carbons (Fsp3) is 0.852. The molecule has 0 saturated heterocycles. The predicted molar refractivity (Wildman–Crippen MR) is 119 cm³/mol. The maximum Gasteiger partial charge on any atom is 0.0459 e. The van der Waals surface area contributed by atoms with E-state index in [0.717, 1.165) is 30.1 Å². The molecule has 1 nitrogen and oxygen atoms in total. The second kappa shape index (κ2) is 7.93. The van der Waals surface area contributed by atoms with Gasteiger partial charge >= 0.3 is 0 Å². The Morgan fingerprint density at radius 2 is 1.93 bits per heavy atom. The SMILES string of the molecule is CC(CO)CC=C[C@@H](C)[C@H]1CC[C@H]2[C@@H]3CC=C4CCCC[C@]4(C)[C@H]3CC[C@]12C. The van der Waals surface area contributed by atoms with Gasteiger partial charge in [0.05, 0.1) is 0 Å². The quantitative estimate of drug-likeness (QED) is 0.498. The minimum absolute atomic E-state index is 0.305. The molecule has 8 atom stereocenters. The fourth-order valence-corrected chi connectivity index (χ4v) is 8.34. The van der Waals surface area contributed by atoms with Crippen LogP contribution in [0.5, 0.6) is 0 Å². The van der Waals surface area contributed by atoms with Crippen LogP contribution < -0.4 is 0 Å². The standard InChI is InChI=1S/C27H44O/c1-19(18-28)8-7-9-20(2)23-13-14-24-22-12-11-21-10-5-6-16-26(21,3)25(22)15-17-27(23,24)4/h7,9,11,19-20,22-25,28H,5-6,8,10,12-18H2,1-4H3/t19?,20-,22+,23-,24+,25+,26+,27-/m1/s1. The van der Waals surface area contributed by atoms with E-state index in [9.17, 15) is 5.11 Å². The number of rotatable bonds is 5. The van der Waals surface area contributed by atoms with Crippen molar-refractivity contribution < 1.29 is 5.11 Å². The number of aliphatic hydroxyl groups is 1. The summed E-state index contributed by atoms with van der Waals surface area (Å²) < 4.78 is 0. The van der Waals surface area contributed by atoms with Crippen LogP contribution in [-0.2, 0) is 0 Å². The van der Waals surface area contributed by atoms with Gasteiger partial charge in [-0.25, -0.2) is 0 Å². The molecule has 0 aromatic rings. The summed E-state index contributed by atoms with van der Waals surface area (Å²) in [6, 6.07) is 0. The molecule has 0 amide bonds. The van der Waals surface area contributed by atoms with Crippen molar-refractivity contribution in [1.29, 1.82) is 0 Å². The van der Waals surface area contributed by atoms with Gasteiger partial charge in [0.2, 0.25) is 0 Å². The molecule has 0 aliphatic heterocycles. The van der Waals surface area contributed by atoms with Gasteiger partial charge in [-0.15, -0.1) is 0 Å². The van der Waals surface area contributed by atoms with Crippen molar-refractivity contribution in [3.8, 4) is 0 Å². The first-order chi connectivity index (χ1) is 13.4. The Kier molecular flexibility index (Phi) is 5.87. The highest BCUT2D eigenvalue weighted by atomic mass is 16.3. The van der Waals surface area contributed by atoms with Gasteiger partial charge < -0.3 is 5.11 Å². The second-order valence-electron chi connectivity index (χ2n) is 11.5. The van der Waals surface area contributed by atoms with Crippen molar-refractivity contribution in [2.75, 3.05) is 6.61 Å². The topological polar surface area (TPSA) is 20.2 Å². The fourth-order valence-electron chi connectivity index (χ4n) is 8.34. The van der Waals surface area contributed by atoms with E-state index < -0.39 is 0 Å². The van der Waals surface area contributed by atoms with Crippen molar-refractivity contribution in [2.45, 2.75) is 91.9 Å². The minimum atomic E-state index is 0.305. The van der Waals surface area contributed by atoms with Crippen LogP contribution in [-0.4, -0.2) is 11.7 Å². The molecule has 0 heterocycles. The van der Waals surface area contributed by atoms with Crippen molar-refractivity contribution in [2.24, 2.45) is 46.3 Å². The molecule has 3 saturated carbocycles. The molecule has 0 radical (unpaired) electrons. The van der Waals surface area contributed by atoms with Crippen LogP contribution in [0.4, 0.5) is 0 Å². The van der Waals surface area contributed by atoms with Crippen molar-refractivity contribution in [1.82, 2.24) is 0 Å². The highest BCUT2D eigenvalue weighted by molar-refractivity contribution is 5.24. The van der Waals surface area contributed by atoms with E-state index in [-0.39, 0.29) is 0 Å². The molecule has 4 rings (SSSR count). The molecule has 28 heavy (non-hydrogen) atoms. The van der Waals surface area contributed by atoms with Crippen LogP contribution in [0.25, 0.3) is 0 Å². The lowest BCUT2D eigenvalue weighted by atomic mass is 9.47. The molecule has 0 spiro atoms. The first kappa shape index (κ1) is 20.7. The van der Waals surface area contributed by atoms with Crippen LogP contribution in [0.1, 0.15) is 91.9 Å². The summed E-state index contributed by atoms with van der Waals surface area (Å²) in [5, 5.41) is 9.28. The Bertz CT molecular complexity index is 618. The summed E-state index contributed by atoms with van der Waals surface area (Å²) in [5.41, 5.74) is 2.92. The minimum Gasteiger partial charge on any atom is -0.396 e. The number of aliphatic hydroxyl groups excluding tert-OH is 1. The van der Waals surface area contributed by atoms with Gasteiger partial charge in [-0.2, -0.15) is 0 Å². The molecular formula is C27H44O. The Labute approximate surface area is 174 Å². The smallest absolute Gasteiger partial charge is 0.0459 e. The number of allylic oxidation sites excluding steroid dienone is 4. The second-order valence-corrected chi connectivity index (χ2v) is 11.5. The molecule has 0 aromatic carbocycles. The lowest BCUT2D eigenvalue weighted by Gasteiger charge is -2.58. The Morgan fingerprint density at radius 3 is 2.71 bits per heavy atom. The molecule has 0 aromatic heterocycles. The molecule has 1 N–H and O–H groups in total. The van der Waals surface area contributed by atoms with E-state index in [4.69, 9.17) is 0 Å². The zero-order valence-electron chi connectivity index (χ0n) is 18.9. The molecule has 1 heteroatoms. The third kappa shape index (κ3) is 3.34. The third-order valence-corrected chi connectivity index (χ3v) is 10.0. The lowest BCUT2D eigenvalue weighted by molar-refractivity contribution is -0.0462. The molecule has 3 fully saturated rings. The van der Waals surface area contributed by atoms with E-state index in [1.54, 1.807) is 0 Å². The number of fused-ring (bicyclic) bond motifs is 5. The maximum atomic E-state index is 9.28. The van der Waals surface area contributed by atoms with Crippen molar-refractivity contribution in [3.05, 3.63) is 23.8 Å². The first-order valence-corrected chi connectivity index (χ1v) is 12.4. The molecule has 4 aliphatic carbocycles. The van der Waals surface area contributed by atoms with Gasteiger partial charge in [0, 0.05) is 6.61 Å². The molecule has 1 unspecified atom stereocenters. The predicted octanol–water partition coefficient (Wildman–Crippen LogP) is 7.17. The zero-order chi connectivity index (χ0) is 19.9. The summed E-state index contributed by atoms with van der Waals surface area (Å²) in [4.78, 5) is 0. The lowest BCUT2D eigenvalue weighted by Crippen LogP contribution is -2.49. The number of hydrogen-bond donors (Lipinski definition) is 1. The molecule has 158 valence electrons. The van der Waals surface area contributed by atoms with Crippen LogP contribution in [0.2, 0.25) is 0 Å². The van der Waals surface area contributed by atoms with Gasteiger partial charge in [-0.1, -0.05) is 57.9 Å².